The summed E-state index contributed by atoms with van der Waals surface area (Å²) < 4.78 is 12.9. The maximum Gasteiger partial charge on any atom is 0.237 e. The predicted octanol–water partition coefficient (Wildman–Crippen LogP) is 2.20. The number of fused-ring (bicyclic) bond motifs is 2. The molecular weight excluding hydrogens is 243 g/mol. The molecule has 4 heteroatoms. The second-order valence-corrected chi connectivity index (χ2v) is 5.73. The maximum atomic E-state index is 12.9. The zero-order valence-corrected chi connectivity index (χ0v) is 10.9. The van der Waals surface area contributed by atoms with Crippen LogP contribution in [0.4, 0.5) is 4.39 Å². The van der Waals surface area contributed by atoms with Gasteiger partial charge in [0.25, 0.3) is 0 Å². The topological polar surface area (TPSA) is 46.3 Å². The molecule has 2 bridgehead atoms. The Balaban J connectivity index is 1.86. The Morgan fingerprint density at radius 1 is 1.32 bits per heavy atom. The largest absolute Gasteiger partial charge is 0.368 e. The van der Waals surface area contributed by atoms with E-state index in [1.165, 1.54) is 12.1 Å². The molecule has 2 saturated heterocycles. The first-order valence-corrected chi connectivity index (χ1v) is 6.93. The van der Waals surface area contributed by atoms with Gasteiger partial charge in [0.05, 0.1) is 0 Å². The van der Waals surface area contributed by atoms with Gasteiger partial charge in [-0.15, -0.1) is 0 Å². The Morgan fingerprint density at radius 3 is 2.74 bits per heavy atom. The molecule has 3 rings (SSSR count). The van der Waals surface area contributed by atoms with Crippen molar-refractivity contribution in [2.75, 3.05) is 0 Å². The van der Waals surface area contributed by atoms with Crippen molar-refractivity contribution < 1.29 is 9.18 Å². The SMILES string of the molecule is NC(=O)C12CCCC(CC1)N2Cc1ccc(F)cc1. The van der Waals surface area contributed by atoms with E-state index in [4.69, 9.17) is 5.73 Å². The number of carbonyl (C=O) groups is 1. The lowest BCUT2D eigenvalue weighted by Gasteiger charge is -2.42. The van der Waals surface area contributed by atoms with Crippen molar-refractivity contribution in [3.63, 3.8) is 0 Å². The fourth-order valence-corrected chi connectivity index (χ4v) is 3.71. The van der Waals surface area contributed by atoms with E-state index < -0.39 is 5.54 Å². The molecule has 2 N–H and O–H groups in total. The molecule has 1 aromatic carbocycles. The first-order chi connectivity index (χ1) is 9.12. The fraction of sp³-hybridized carbons (Fsp3) is 0.533. The minimum Gasteiger partial charge on any atom is -0.368 e. The minimum absolute atomic E-state index is 0.197. The molecule has 0 radical (unpaired) electrons. The van der Waals surface area contributed by atoms with Gasteiger partial charge in [0.1, 0.15) is 11.4 Å². The third-order valence-electron chi connectivity index (χ3n) is 4.73. The second kappa shape index (κ2) is 4.60. The highest BCUT2D eigenvalue weighted by Gasteiger charge is 2.52. The average Bonchev–Trinajstić information content (AvgIpc) is 2.60. The lowest BCUT2D eigenvalue weighted by Crippen LogP contribution is -2.57. The van der Waals surface area contributed by atoms with E-state index in [1.807, 2.05) is 0 Å². The van der Waals surface area contributed by atoms with Gasteiger partial charge in [-0.3, -0.25) is 9.69 Å². The van der Waals surface area contributed by atoms with E-state index in [0.29, 0.717) is 12.6 Å². The zero-order valence-electron chi connectivity index (χ0n) is 10.9. The van der Waals surface area contributed by atoms with Gasteiger partial charge in [-0.2, -0.15) is 0 Å². The van der Waals surface area contributed by atoms with E-state index in [1.54, 1.807) is 12.1 Å². The number of piperidine rings is 1. The Bertz CT molecular complexity index is 483. The molecule has 2 unspecified atom stereocenters. The van der Waals surface area contributed by atoms with Gasteiger partial charge in [-0.25, -0.2) is 4.39 Å². The summed E-state index contributed by atoms with van der Waals surface area (Å²) in [4.78, 5) is 14.2. The van der Waals surface area contributed by atoms with Gasteiger partial charge >= 0.3 is 0 Å². The minimum atomic E-state index is -0.461. The highest BCUT2D eigenvalue weighted by Crippen LogP contribution is 2.44. The van der Waals surface area contributed by atoms with Crippen molar-refractivity contribution in [3.05, 3.63) is 35.6 Å². The van der Waals surface area contributed by atoms with Gasteiger partial charge in [-0.05, 0) is 49.8 Å². The standard InChI is InChI=1S/C15H19FN2O/c16-12-5-3-11(4-6-12)10-18-13-2-1-8-15(18,9-7-13)14(17)19/h3-6,13H,1-2,7-10H2,(H2,17,19). The number of rotatable bonds is 3. The number of nitrogens with two attached hydrogens (primary N) is 1. The number of benzene rings is 1. The van der Waals surface area contributed by atoms with Crippen LogP contribution in [0, 0.1) is 5.82 Å². The van der Waals surface area contributed by atoms with E-state index in [9.17, 15) is 9.18 Å². The molecular formula is C15H19FN2O. The second-order valence-electron chi connectivity index (χ2n) is 5.73. The number of carbonyl (C=O) groups excluding carboxylic acids is 1. The molecule has 19 heavy (non-hydrogen) atoms. The summed E-state index contributed by atoms with van der Waals surface area (Å²) in [6, 6.07) is 6.97. The van der Waals surface area contributed by atoms with E-state index in [0.717, 1.165) is 37.7 Å². The third kappa shape index (κ3) is 2.04. The van der Waals surface area contributed by atoms with Crippen LogP contribution in [0.3, 0.4) is 0 Å². The van der Waals surface area contributed by atoms with Crippen LogP contribution < -0.4 is 5.73 Å². The van der Waals surface area contributed by atoms with Gasteiger partial charge in [0.15, 0.2) is 0 Å². The lowest BCUT2D eigenvalue weighted by atomic mass is 9.87. The summed E-state index contributed by atoms with van der Waals surface area (Å²) in [5, 5.41) is 0. The number of hydrogen-bond donors (Lipinski definition) is 1. The third-order valence-corrected chi connectivity index (χ3v) is 4.73. The van der Waals surface area contributed by atoms with E-state index >= 15 is 0 Å². The highest BCUT2D eigenvalue weighted by molar-refractivity contribution is 5.85. The number of primary amides is 1. The van der Waals surface area contributed by atoms with Crippen LogP contribution in [0.1, 0.15) is 37.7 Å². The van der Waals surface area contributed by atoms with Crippen LogP contribution in [-0.4, -0.2) is 22.4 Å². The van der Waals surface area contributed by atoms with Crippen LogP contribution in [0.5, 0.6) is 0 Å². The molecule has 2 heterocycles. The van der Waals surface area contributed by atoms with Crippen LogP contribution in [0.2, 0.25) is 0 Å². The van der Waals surface area contributed by atoms with Gasteiger partial charge < -0.3 is 5.73 Å². The zero-order chi connectivity index (χ0) is 13.5. The smallest absolute Gasteiger partial charge is 0.237 e. The van der Waals surface area contributed by atoms with Gasteiger partial charge in [0, 0.05) is 12.6 Å². The first kappa shape index (κ1) is 12.6. The molecule has 102 valence electrons. The number of nitrogens with zero attached hydrogens (tertiary/aromatic N) is 1. The molecule has 2 aliphatic rings. The van der Waals surface area contributed by atoms with E-state index in [2.05, 4.69) is 4.90 Å². The Hall–Kier alpha value is -1.42. The van der Waals surface area contributed by atoms with Crippen molar-refractivity contribution in [1.82, 2.24) is 4.90 Å². The Kier molecular flexibility index (Phi) is 3.05. The monoisotopic (exact) mass is 262 g/mol. The summed E-state index contributed by atoms with van der Waals surface area (Å²) in [7, 11) is 0. The maximum absolute atomic E-state index is 12.9. The average molecular weight is 262 g/mol. The molecule has 0 aromatic heterocycles. The predicted molar refractivity (Wildman–Crippen MR) is 70.7 cm³/mol. The lowest BCUT2D eigenvalue weighted by molar-refractivity contribution is -0.132. The molecule has 0 aliphatic carbocycles. The van der Waals surface area contributed by atoms with Crippen molar-refractivity contribution in [2.45, 2.75) is 50.2 Å². The molecule has 2 aliphatic heterocycles. The van der Waals surface area contributed by atoms with Crippen molar-refractivity contribution in [2.24, 2.45) is 5.73 Å². The summed E-state index contributed by atoms with van der Waals surface area (Å²) in [5.41, 5.74) is 6.25. The molecule has 2 fully saturated rings. The number of hydrogen-bond acceptors (Lipinski definition) is 2. The fourth-order valence-electron chi connectivity index (χ4n) is 3.71. The summed E-state index contributed by atoms with van der Waals surface area (Å²) in [6.45, 7) is 0.688. The molecule has 1 aromatic rings. The normalized spacial score (nSPS) is 30.5. The van der Waals surface area contributed by atoms with E-state index in [-0.39, 0.29) is 11.7 Å². The van der Waals surface area contributed by atoms with Crippen LogP contribution >= 0.6 is 0 Å². The molecule has 0 spiro atoms. The highest BCUT2D eigenvalue weighted by atomic mass is 19.1. The summed E-state index contributed by atoms with van der Waals surface area (Å²) in [5.74, 6) is -0.424. The Morgan fingerprint density at radius 2 is 2.05 bits per heavy atom. The van der Waals surface area contributed by atoms with Crippen molar-refractivity contribution >= 4 is 5.91 Å². The van der Waals surface area contributed by atoms with Crippen molar-refractivity contribution in [1.29, 1.82) is 0 Å². The molecule has 3 nitrogen and oxygen atoms in total. The van der Waals surface area contributed by atoms with Crippen LogP contribution in [0.25, 0.3) is 0 Å². The van der Waals surface area contributed by atoms with Gasteiger partial charge in [0.2, 0.25) is 5.91 Å². The first-order valence-electron chi connectivity index (χ1n) is 6.93. The molecule has 1 amide bonds. The quantitative estimate of drug-likeness (QED) is 0.907. The van der Waals surface area contributed by atoms with Gasteiger partial charge in [-0.1, -0.05) is 12.1 Å². The van der Waals surface area contributed by atoms with Crippen LogP contribution in [-0.2, 0) is 11.3 Å². The Labute approximate surface area is 112 Å². The molecule has 2 atom stereocenters. The number of halogens is 1. The van der Waals surface area contributed by atoms with Crippen molar-refractivity contribution in [3.8, 4) is 0 Å². The summed E-state index contributed by atoms with van der Waals surface area (Å²) >= 11 is 0. The summed E-state index contributed by atoms with van der Waals surface area (Å²) in [6.07, 6.45) is 4.99. The number of amides is 1. The van der Waals surface area contributed by atoms with Crippen LogP contribution in [0.15, 0.2) is 24.3 Å². The molecule has 0 saturated carbocycles.